The maximum atomic E-state index is 12.5. The Balaban J connectivity index is 1.82. The number of carbonyl (C=O) groups is 1. The minimum absolute atomic E-state index is 0.314. The minimum Gasteiger partial charge on any atom is -0.299 e. The van der Waals surface area contributed by atoms with E-state index in [9.17, 15) is 4.79 Å². The van der Waals surface area contributed by atoms with Crippen LogP contribution in [-0.4, -0.2) is 29.3 Å². The molecule has 0 unspecified atom stereocenters. The molecular weight excluding hydrogens is 222 g/mol. The summed E-state index contributed by atoms with van der Waals surface area (Å²) in [5.41, 5.74) is 0.314. The van der Waals surface area contributed by atoms with Gasteiger partial charge in [-0.1, -0.05) is 6.92 Å². The Kier molecular flexibility index (Phi) is 2.43. The number of hydrogen-bond acceptors (Lipinski definition) is 2. The molecular formula is C16H25NO. The number of carbonyl (C=O) groups excluding carboxylic acids is 1. The average Bonchev–Trinajstić information content (AvgIpc) is 2.33. The zero-order valence-corrected chi connectivity index (χ0v) is 11.5. The first-order valence-corrected chi connectivity index (χ1v) is 7.99. The Hall–Kier alpha value is -0.370. The van der Waals surface area contributed by atoms with E-state index in [4.69, 9.17) is 0 Å². The van der Waals surface area contributed by atoms with Gasteiger partial charge < -0.3 is 0 Å². The summed E-state index contributed by atoms with van der Waals surface area (Å²) in [4.78, 5) is 15.3. The molecule has 18 heavy (non-hydrogen) atoms. The lowest BCUT2D eigenvalue weighted by atomic mass is 9.48. The number of piperidine rings is 2. The van der Waals surface area contributed by atoms with E-state index in [1.807, 2.05) is 0 Å². The van der Waals surface area contributed by atoms with Gasteiger partial charge in [0.05, 0.1) is 0 Å². The summed E-state index contributed by atoms with van der Waals surface area (Å²) in [7, 11) is 0. The molecule has 4 rings (SSSR count). The molecule has 5 atom stereocenters. The van der Waals surface area contributed by atoms with E-state index < -0.39 is 0 Å². The molecule has 0 radical (unpaired) electrons. The molecule has 100 valence electrons. The summed E-state index contributed by atoms with van der Waals surface area (Å²) in [5.74, 6) is 3.43. The van der Waals surface area contributed by atoms with Gasteiger partial charge in [-0.15, -0.1) is 0 Å². The number of rotatable bonds is 0. The highest BCUT2D eigenvalue weighted by Gasteiger charge is 2.62. The van der Waals surface area contributed by atoms with Crippen LogP contribution in [0.5, 0.6) is 0 Å². The van der Waals surface area contributed by atoms with E-state index in [2.05, 4.69) is 11.8 Å². The van der Waals surface area contributed by atoms with Crippen LogP contribution in [-0.2, 0) is 4.79 Å². The van der Waals surface area contributed by atoms with E-state index in [0.29, 0.717) is 17.2 Å². The fourth-order valence-electron chi connectivity index (χ4n) is 6.18. The van der Waals surface area contributed by atoms with Gasteiger partial charge in [0, 0.05) is 17.9 Å². The standard InChI is InChI=1S/C16H25NO/c1-11-8-12-9-15(18)14-5-3-7-17-6-2-4-13(12)16(14,17)10-11/h11-14H,2-10H2,1H3/t11-,12-,13+,14+,16+/m0/s1. The van der Waals surface area contributed by atoms with Gasteiger partial charge in [-0.05, 0) is 69.4 Å². The van der Waals surface area contributed by atoms with E-state index >= 15 is 0 Å². The topological polar surface area (TPSA) is 20.3 Å². The van der Waals surface area contributed by atoms with Crippen LogP contribution in [0, 0.1) is 23.7 Å². The number of nitrogens with zero attached hydrogens (tertiary/aromatic N) is 1. The zero-order chi connectivity index (χ0) is 12.3. The highest BCUT2D eigenvalue weighted by Crippen LogP contribution is 2.59. The Morgan fingerprint density at radius 3 is 2.83 bits per heavy atom. The smallest absolute Gasteiger partial charge is 0.138 e. The fourth-order valence-corrected chi connectivity index (χ4v) is 6.18. The van der Waals surface area contributed by atoms with Crippen LogP contribution in [0.3, 0.4) is 0 Å². The van der Waals surface area contributed by atoms with Crippen molar-refractivity contribution >= 4 is 5.78 Å². The van der Waals surface area contributed by atoms with Gasteiger partial charge in [-0.25, -0.2) is 0 Å². The molecule has 0 aromatic rings. The largest absolute Gasteiger partial charge is 0.299 e. The van der Waals surface area contributed by atoms with Crippen molar-refractivity contribution in [1.29, 1.82) is 0 Å². The van der Waals surface area contributed by atoms with Crippen LogP contribution in [0.4, 0.5) is 0 Å². The van der Waals surface area contributed by atoms with Crippen molar-refractivity contribution in [2.24, 2.45) is 23.7 Å². The van der Waals surface area contributed by atoms with Crippen molar-refractivity contribution < 1.29 is 4.79 Å². The van der Waals surface area contributed by atoms with Gasteiger partial charge >= 0.3 is 0 Å². The third kappa shape index (κ3) is 1.31. The predicted octanol–water partition coefficient (Wildman–Crippen LogP) is 2.87. The van der Waals surface area contributed by atoms with Gasteiger partial charge in [0.1, 0.15) is 5.78 Å². The summed E-state index contributed by atoms with van der Waals surface area (Å²) >= 11 is 0. The molecule has 0 N–H and O–H groups in total. The first kappa shape index (κ1) is 11.5. The molecule has 2 nitrogen and oxygen atoms in total. The Labute approximate surface area is 110 Å². The lowest BCUT2D eigenvalue weighted by Crippen LogP contribution is -2.71. The van der Waals surface area contributed by atoms with Crippen molar-refractivity contribution in [3.05, 3.63) is 0 Å². The molecule has 4 aliphatic rings. The van der Waals surface area contributed by atoms with Crippen LogP contribution >= 0.6 is 0 Å². The maximum Gasteiger partial charge on any atom is 0.138 e. The van der Waals surface area contributed by atoms with Crippen molar-refractivity contribution in [1.82, 2.24) is 4.90 Å². The molecule has 0 amide bonds. The summed E-state index contributed by atoms with van der Waals surface area (Å²) in [6, 6.07) is 0. The SMILES string of the molecule is C[C@H]1C[C@H]2CC(=O)[C@H]3CCCN4CCC[C@H]2[C@]34C1. The number of Topliss-reactive ketones (excluding diaryl/α,β-unsaturated/α-hetero) is 1. The number of ketones is 1. The predicted molar refractivity (Wildman–Crippen MR) is 71.3 cm³/mol. The van der Waals surface area contributed by atoms with Crippen LogP contribution in [0.15, 0.2) is 0 Å². The Morgan fingerprint density at radius 1 is 1.22 bits per heavy atom. The second kappa shape index (κ2) is 3.82. The molecule has 2 heterocycles. The highest BCUT2D eigenvalue weighted by molar-refractivity contribution is 5.84. The third-order valence-corrected chi connectivity index (χ3v) is 6.50. The van der Waals surface area contributed by atoms with Crippen molar-refractivity contribution in [2.75, 3.05) is 13.1 Å². The molecule has 4 fully saturated rings. The van der Waals surface area contributed by atoms with Crippen LogP contribution < -0.4 is 0 Å². The fraction of sp³-hybridized carbons (Fsp3) is 0.938. The van der Waals surface area contributed by atoms with Gasteiger partial charge in [0.2, 0.25) is 0 Å². The van der Waals surface area contributed by atoms with Gasteiger partial charge in [0.25, 0.3) is 0 Å². The molecule has 2 saturated carbocycles. The summed E-state index contributed by atoms with van der Waals surface area (Å²) < 4.78 is 0. The molecule has 2 aliphatic carbocycles. The number of hydrogen-bond donors (Lipinski definition) is 0. The Bertz CT molecular complexity index is 377. The molecule has 2 heteroatoms. The van der Waals surface area contributed by atoms with E-state index in [-0.39, 0.29) is 0 Å². The lowest BCUT2D eigenvalue weighted by molar-refractivity contribution is -0.172. The normalized spacial score (nSPS) is 51.9. The minimum atomic E-state index is 0.314. The summed E-state index contributed by atoms with van der Waals surface area (Å²) in [5, 5.41) is 0. The van der Waals surface area contributed by atoms with E-state index in [1.54, 1.807) is 0 Å². The lowest BCUT2D eigenvalue weighted by Gasteiger charge is -2.65. The molecule has 2 aliphatic heterocycles. The first-order chi connectivity index (χ1) is 8.72. The van der Waals surface area contributed by atoms with Gasteiger partial charge in [-0.2, -0.15) is 0 Å². The van der Waals surface area contributed by atoms with Crippen LogP contribution in [0.1, 0.15) is 51.9 Å². The molecule has 0 aromatic carbocycles. The van der Waals surface area contributed by atoms with Gasteiger partial charge in [-0.3, -0.25) is 9.69 Å². The monoisotopic (exact) mass is 247 g/mol. The average molecular weight is 247 g/mol. The molecule has 2 bridgehead atoms. The molecule has 0 aromatic heterocycles. The van der Waals surface area contributed by atoms with Crippen molar-refractivity contribution in [2.45, 2.75) is 57.4 Å². The van der Waals surface area contributed by atoms with Gasteiger partial charge in [0.15, 0.2) is 0 Å². The van der Waals surface area contributed by atoms with Crippen LogP contribution in [0.2, 0.25) is 0 Å². The maximum absolute atomic E-state index is 12.5. The quantitative estimate of drug-likeness (QED) is 0.656. The molecule has 2 saturated heterocycles. The second-order valence-electron chi connectivity index (χ2n) is 7.40. The third-order valence-electron chi connectivity index (χ3n) is 6.50. The second-order valence-corrected chi connectivity index (χ2v) is 7.40. The summed E-state index contributed by atoms with van der Waals surface area (Å²) in [6.07, 6.45) is 8.75. The van der Waals surface area contributed by atoms with E-state index in [1.165, 1.54) is 51.6 Å². The van der Waals surface area contributed by atoms with Crippen molar-refractivity contribution in [3.8, 4) is 0 Å². The van der Waals surface area contributed by atoms with Crippen LogP contribution in [0.25, 0.3) is 0 Å². The van der Waals surface area contributed by atoms with Crippen molar-refractivity contribution in [3.63, 3.8) is 0 Å². The Morgan fingerprint density at radius 2 is 2.00 bits per heavy atom. The highest BCUT2D eigenvalue weighted by atomic mass is 16.1. The zero-order valence-electron chi connectivity index (χ0n) is 11.5. The van der Waals surface area contributed by atoms with E-state index in [0.717, 1.165) is 24.2 Å². The first-order valence-electron chi connectivity index (χ1n) is 7.99. The summed E-state index contributed by atoms with van der Waals surface area (Å²) in [6.45, 7) is 4.95. The molecule has 1 spiro atoms.